The Hall–Kier alpha value is -2.28. The molecule has 0 fully saturated rings. The quantitative estimate of drug-likeness (QED) is 0.873. The molecule has 0 unspecified atom stereocenters. The first-order valence-corrected chi connectivity index (χ1v) is 6.41. The zero-order valence-electron chi connectivity index (χ0n) is 10.3. The maximum absolute atomic E-state index is 11.9. The van der Waals surface area contributed by atoms with E-state index in [9.17, 15) is 9.59 Å². The van der Waals surface area contributed by atoms with Crippen LogP contribution in [0.15, 0.2) is 45.7 Å². The standard InChI is InChI=1S/C13H11BrN2O4/c14-12-10(5-6-19-12)13(18)16-8-1-3-9(4-2-8)20-7-11(15)17/h1-6H,7H2,(H2,15,17)(H,16,18). The molecule has 1 aromatic carbocycles. The van der Waals surface area contributed by atoms with Crippen LogP contribution in [0.25, 0.3) is 0 Å². The molecule has 1 heterocycles. The Morgan fingerprint density at radius 2 is 1.95 bits per heavy atom. The first-order valence-electron chi connectivity index (χ1n) is 5.62. The summed E-state index contributed by atoms with van der Waals surface area (Å²) in [6, 6.07) is 8.13. The monoisotopic (exact) mass is 338 g/mol. The van der Waals surface area contributed by atoms with Gasteiger partial charge in [0, 0.05) is 5.69 Å². The van der Waals surface area contributed by atoms with Gasteiger partial charge in [0.2, 0.25) is 0 Å². The number of carbonyl (C=O) groups excluding carboxylic acids is 2. The number of anilines is 1. The van der Waals surface area contributed by atoms with Gasteiger partial charge in [-0.1, -0.05) is 0 Å². The van der Waals surface area contributed by atoms with E-state index in [0.29, 0.717) is 21.7 Å². The molecular weight excluding hydrogens is 328 g/mol. The number of halogens is 1. The van der Waals surface area contributed by atoms with E-state index < -0.39 is 5.91 Å². The molecule has 0 radical (unpaired) electrons. The van der Waals surface area contributed by atoms with Crippen molar-refractivity contribution in [2.24, 2.45) is 5.73 Å². The van der Waals surface area contributed by atoms with Gasteiger partial charge in [0.25, 0.3) is 11.8 Å². The minimum Gasteiger partial charge on any atom is -0.484 e. The highest BCUT2D eigenvalue weighted by Gasteiger charge is 2.12. The third-order valence-electron chi connectivity index (χ3n) is 2.36. The van der Waals surface area contributed by atoms with Gasteiger partial charge >= 0.3 is 0 Å². The van der Waals surface area contributed by atoms with Crippen LogP contribution in [-0.4, -0.2) is 18.4 Å². The van der Waals surface area contributed by atoms with Crippen LogP contribution in [0.3, 0.4) is 0 Å². The lowest BCUT2D eigenvalue weighted by Gasteiger charge is -2.06. The molecule has 0 atom stereocenters. The summed E-state index contributed by atoms with van der Waals surface area (Å²) in [6.45, 7) is -0.187. The highest BCUT2D eigenvalue weighted by Crippen LogP contribution is 2.20. The lowest BCUT2D eigenvalue weighted by molar-refractivity contribution is -0.119. The number of nitrogens with two attached hydrogens (primary N) is 1. The van der Waals surface area contributed by atoms with Crippen LogP contribution < -0.4 is 15.8 Å². The van der Waals surface area contributed by atoms with Gasteiger partial charge in [-0.2, -0.15) is 0 Å². The van der Waals surface area contributed by atoms with E-state index in [4.69, 9.17) is 14.9 Å². The SMILES string of the molecule is NC(=O)COc1ccc(NC(=O)c2ccoc2Br)cc1. The van der Waals surface area contributed by atoms with Gasteiger partial charge in [0.1, 0.15) is 5.75 Å². The van der Waals surface area contributed by atoms with Crippen molar-refractivity contribution in [1.82, 2.24) is 0 Å². The second kappa shape index (κ2) is 6.25. The summed E-state index contributed by atoms with van der Waals surface area (Å²) in [5, 5.41) is 2.70. The third kappa shape index (κ3) is 3.61. The van der Waals surface area contributed by atoms with Gasteiger partial charge < -0.3 is 20.2 Å². The average molecular weight is 339 g/mol. The van der Waals surface area contributed by atoms with Crippen molar-refractivity contribution in [2.75, 3.05) is 11.9 Å². The number of hydrogen-bond acceptors (Lipinski definition) is 4. The highest BCUT2D eigenvalue weighted by atomic mass is 79.9. The van der Waals surface area contributed by atoms with Gasteiger partial charge in [-0.3, -0.25) is 9.59 Å². The Kier molecular flexibility index (Phi) is 4.41. The fourth-order valence-corrected chi connectivity index (χ4v) is 1.86. The average Bonchev–Trinajstić information content (AvgIpc) is 2.84. The van der Waals surface area contributed by atoms with Crippen LogP contribution in [-0.2, 0) is 4.79 Å². The molecule has 0 spiro atoms. The molecule has 3 N–H and O–H groups in total. The summed E-state index contributed by atoms with van der Waals surface area (Å²) >= 11 is 3.13. The Morgan fingerprint density at radius 3 is 2.50 bits per heavy atom. The number of benzene rings is 1. The second-order valence-corrected chi connectivity index (χ2v) is 4.56. The van der Waals surface area contributed by atoms with E-state index in [1.807, 2.05) is 0 Å². The number of primary amides is 1. The van der Waals surface area contributed by atoms with E-state index >= 15 is 0 Å². The minimum atomic E-state index is -0.549. The predicted octanol–water partition coefficient (Wildman–Crippen LogP) is 2.16. The van der Waals surface area contributed by atoms with Crippen LogP contribution in [0.2, 0.25) is 0 Å². The number of amides is 2. The Bertz CT molecular complexity index is 622. The number of furan rings is 1. The summed E-state index contributed by atoms with van der Waals surface area (Å²) in [7, 11) is 0. The summed E-state index contributed by atoms with van der Waals surface area (Å²) in [6.07, 6.45) is 1.42. The number of rotatable bonds is 5. The van der Waals surface area contributed by atoms with Crippen molar-refractivity contribution in [3.05, 3.63) is 46.8 Å². The molecular formula is C13H11BrN2O4. The van der Waals surface area contributed by atoms with Gasteiger partial charge in [-0.15, -0.1) is 0 Å². The number of nitrogens with one attached hydrogen (secondary N) is 1. The molecule has 0 saturated carbocycles. The number of hydrogen-bond donors (Lipinski definition) is 2. The summed E-state index contributed by atoms with van der Waals surface area (Å²) in [5.41, 5.74) is 5.96. The van der Waals surface area contributed by atoms with E-state index in [2.05, 4.69) is 21.2 Å². The Balaban J connectivity index is 1.99. The fourth-order valence-electron chi connectivity index (χ4n) is 1.44. The summed E-state index contributed by atoms with van der Waals surface area (Å²) in [5.74, 6) is -0.352. The normalized spacial score (nSPS) is 10.1. The van der Waals surface area contributed by atoms with Crippen LogP contribution in [0, 0.1) is 0 Å². The Morgan fingerprint density at radius 1 is 1.25 bits per heavy atom. The molecule has 104 valence electrons. The minimum absolute atomic E-state index is 0.187. The van der Waals surface area contributed by atoms with Gasteiger partial charge in [-0.25, -0.2) is 0 Å². The van der Waals surface area contributed by atoms with Crippen molar-refractivity contribution < 1.29 is 18.7 Å². The largest absolute Gasteiger partial charge is 0.484 e. The van der Waals surface area contributed by atoms with Gasteiger partial charge in [0.05, 0.1) is 11.8 Å². The van der Waals surface area contributed by atoms with E-state index in [-0.39, 0.29) is 12.5 Å². The van der Waals surface area contributed by atoms with Crippen LogP contribution in [0.4, 0.5) is 5.69 Å². The van der Waals surface area contributed by atoms with Crippen LogP contribution in [0.5, 0.6) is 5.75 Å². The van der Waals surface area contributed by atoms with Crippen LogP contribution in [0.1, 0.15) is 10.4 Å². The fraction of sp³-hybridized carbons (Fsp3) is 0.0769. The maximum Gasteiger partial charge on any atom is 0.260 e. The maximum atomic E-state index is 11.9. The molecule has 6 nitrogen and oxygen atoms in total. The summed E-state index contributed by atoms with van der Waals surface area (Å²) in [4.78, 5) is 22.5. The number of ether oxygens (including phenoxy) is 1. The van der Waals surface area contributed by atoms with E-state index in [0.717, 1.165) is 0 Å². The topological polar surface area (TPSA) is 94.6 Å². The zero-order chi connectivity index (χ0) is 14.5. The van der Waals surface area contributed by atoms with Crippen molar-refractivity contribution >= 4 is 33.4 Å². The predicted molar refractivity (Wildman–Crippen MR) is 75.5 cm³/mol. The van der Waals surface area contributed by atoms with Crippen molar-refractivity contribution in [3.63, 3.8) is 0 Å². The lowest BCUT2D eigenvalue weighted by atomic mass is 10.2. The molecule has 0 saturated heterocycles. The van der Waals surface area contributed by atoms with Gasteiger partial charge in [-0.05, 0) is 46.3 Å². The van der Waals surface area contributed by atoms with Crippen LogP contribution >= 0.6 is 15.9 Å². The molecule has 2 amide bonds. The highest BCUT2D eigenvalue weighted by molar-refractivity contribution is 9.10. The molecule has 0 bridgehead atoms. The lowest BCUT2D eigenvalue weighted by Crippen LogP contribution is -2.20. The van der Waals surface area contributed by atoms with E-state index in [1.54, 1.807) is 30.3 Å². The van der Waals surface area contributed by atoms with E-state index in [1.165, 1.54) is 6.26 Å². The summed E-state index contributed by atoms with van der Waals surface area (Å²) < 4.78 is 10.5. The van der Waals surface area contributed by atoms with Crippen molar-refractivity contribution in [2.45, 2.75) is 0 Å². The van der Waals surface area contributed by atoms with Crippen molar-refractivity contribution in [3.8, 4) is 5.75 Å². The molecule has 1 aromatic heterocycles. The molecule has 2 rings (SSSR count). The second-order valence-electron chi connectivity index (χ2n) is 3.84. The third-order valence-corrected chi connectivity index (χ3v) is 2.97. The van der Waals surface area contributed by atoms with Crippen molar-refractivity contribution in [1.29, 1.82) is 0 Å². The molecule has 0 aliphatic carbocycles. The molecule has 20 heavy (non-hydrogen) atoms. The molecule has 0 aliphatic rings. The number of carbonyl (C=O) groups is 2. The Labute approximate surface area is 123 Å². The molecule has 7 heteroatoms. The zero-order valence-corrected chi connectivity index (χ0v) is 11.8. The first-order chi connectivity index (χ1) is 9.56. The van der Waals surface area contributed by atoms with Gasteiger partial charge in [0.15, 0.2) is 11.3 Å². The molecule has 2 aromatic rings. The smallest absolute Gasteiger partial charge is 0.260 e. The first kappa shape index (κ1) is 14.1. The molecule has 0 aliphatic heterocycles.